The van der Waals surface area contributed by atoms with Crippen molar-refractivity contribution < 1.29 is 26.7 Å². The van der Waals surface area contributed by atoms with Crippen molar-refractivity contribution in [3.63, 3.8) is 0 Å². The Balaban J connectivity index is 3.05. The summed E-state index contributed by atoms with van der Waals surface area (Å²) in [5, 5.41) is 0. The van der Waals surface area contributed by atoms with E-state index in [2.05, 4.69) is 0 Å². The molecule has 0 aliphatic carbocycles. The molecule has 0 heterocycles. The molecule has 1 amide bonds. The highest BCUT2D eigenvalue weighted by atomic mass is 19.4. The zero-order valence-corrected chi connectivity index (χ0v) is 9.89. The van der Waals surface area contributed by atoms with Gasteiger partial charge in [-0.2, -0.15) is 13.2 Å². The molecule has 0 spiro atoms. The highest BCUT2D eigenvalue weighted by Crippen LogP contribution is 2.21. The SMILES string of the molecule is CCN(CC(F)(F)F)C(=O)c1cc(F)c(N)c(F)c1. The largest absolute Gasteiger partial charge is 0.406 e. The molecule has 0 saturated carbocycles. The molecule has 0 aliphatic heterocycles. The lowest BCUT2D eigenvalue weighted by atomic mass is 10.1. The Hall–Kier alpha value is -1.86. The van der Waals surface area contributed by atoms with Crippen molar-refractivity contribution in [2.45, 2.75) is 13.1 Å². The lowest BCUT2D eigenvalue weighted by Gasteiger charge is -2.22. The van der Waals surface area contributed by atoms with E-state index in [0.717, 1.165) is 0 Å². The summed E-state index contributed by atoms with van der Waals surface area (Å²) in [5.41, 5.74) is 3.71. The van der Waals surface area contributed by atoms with E-state index in [1.54, 1.807) is 0 Å². The molecule has 0 aromatic heterocycles. The fourth-order valence-corrected chi connectivity index (χ4v) is 1.43. The monoisotopic (exact) mass is 282 g/mol. The predicted molar refractivity (Wildman–Crippen MR) is 58.4 cm³/mol. The Morgan fingerprint density at radius 2 is 1.74 bits per heavy atom. The first-order valence-corrected chi connectivity index (χ1v) is 5.26. The number of benzene rings is 1. The Kier molecular flexibility index (Phi) is 4.33. The van der Waals surface area contributed by atoms with Gasteiger partial charge in [-0.25, -0.2) is 8.78 Å². The lowest BCUT2D eigenvalue weighted by molar-refractivity contribution is -0.140. The van der Waals surface area contributed by atoms with Crippen LogP contribution in [0.25, 0.3) is 0 Å². The first-order valence-electron chi connectivity index (χ1n) is 5.26. The molecule has 0 bridgehead atoms. The molecular formula is C11H11F5N2O. The van der Waals surface area contributed by atoms with Gasteiger partial charge in [-0.05, 0) is 19.1 Å². The van der Waals surface area contributed by atoms with Gasteiger partial charge >= 0.3 is 6.18 Å². The van der Waals surface area contributed by atoms with Crippen molar-refractivity contribution in [3.8, 4) is 0 Å². The van der Waals surface area contributed by atoms with Crippen LogP contribution in [0.3, 0.4) is 0 Å². The van der Waals surface area contributed by atoms with Crippen molar-refractivity contribution in [3.05, 3.63) is 29.3 Å². The molecule has 1 aromatic rings. The van der Waals surface area contributed by atoms with E-state index in [-0.39, 0.29) is 6.54 Å². The third kappa shape index (κ3) is 3.80. The normalized spacial score (nSPS) is 11.5. The summed E-state index contributed by atoms with van der Waals surface area (Å²) in [4.78, 5) is 12.2. The summed E-state index contributed by atoms with van der Waals surface area (Å²) in [6, 6.07) is 1.22. The van der Waals surface area contributed by atoms with Crippen LogP contribution in [0.5, 0.6) is 0 Å². The number of amides is 1. The Labute approximate surface area is 105 Å². The number of hydrogen-bond acceptors (Lipinski definition) is 2. The van der Waals surface area contributed by atoms with Crippen LogP contribution in [0.2, 0.25) is 0 Å². The minimum absolute atomic E-state index is 0.244. The van der Waals surface area contributed by atoms with E-state index in [0.29, 0.717) is 17.0 Å². The number of rotatable bonds is 3. The maximum Gasteiger partial charge on any atom is 0.406 e. The van der Waals surface area contributed by atoms with Crippen LogP contribution in [0, 0.1) is 11.6 Å². The number of alkyl halides is 3. The van der Waals surface area contributed by atoms with E-state index >= 15 is 0 Å². The standard InChI is InChI=1S/C11H11F5N2O/c1-2-18(5-11(14,15)16)10(19)6-3-7(12)9(17)8(13)4-6/h3-4H,2,5,17H2,1H3. The van der Waals surface area contributed by atoms with Gasteiger partial charge in [0, 0.05) is 12.1 Å². The second-order valence-corrected chi connectivity index (χ2v) is 3.79. The molecule has 1 rings (SSSR count). The Bertz CT molecular complexity index is 463. The lowest BCUT2D eigenvalue weighted by Crippen LogP contribution is -2.38. The van der Waals surface area contributed by atoms with Gasteiger partial charge in [0.15, 0.2) is 0 Å². The molecule has 1 aromatic carbocycles. The molecular weight excluding hydrogens is 271 g/mol. The van der Waals surface area contributed by atoms with E-state index in [1.165, 1.54) is 6.92 Å². The molecule has 0 fully saturated rings. The summed E-state index contributed by atoms with van der Waals surface area (Å²) in [6.07, 6.45) is -4.59. The van der Waals surface area contributed by atoms with Crippen LogP contribution in [0.15, 0.2) is 12.1 Å². The van der Waals surface area contributed by atoms with Crippen LogP contribution in [-0.4, -0.2) is 30.1 Å². The number of anilines is 1. The third-order valence-corrected chi connectivity index (χ3v) is 2.37. The van der Waals surface area contributed by atoms with Gasteiger partial charge in [-0.3, -0.25) is 4.79 Å². The van der Waals surface area contributed by atoms with Gasteiger partial charge in [-0.15, -0.1) is 0 Å². The zero-order chi connectivity index (χ0) is 14.8. The molecule has 0 saturated heterocycles. The summed E-state index contributed by atoms with van der Waals surface area (Å²) in [6.45, 7) is -0.407. The van der Waals surface area contributed by atoms with E-state index < -0.39 is 41.5 Å². The van der Waals surface area contributed by atoms with E-state index in [1.807, 2.05) is 0 Å². The van der Waals surface area contributed by atoms with E-state index in [9.17, 15) is 26.7 Å². The second kappa shape index (κ2) is 5.41. The highest BCUT2D eigenvalue weighted by Gasteiger charge is 2.33. The van der Waals surface area contributed by atoms with Crippen LogP contribution in [0.1, 0.15) is 17.3 Å². The van der Waals surface area contributed by atoms with Gasteiger partial charge in [0.25, 0.3) is 5.91 Å². The first-order chi connectivity index (χ1) is 8.65. The predicted octanol–water partition coefficient (Wildman–Crippen LogP) is 2.57. The van der Waals surface area contributed by atoms with Gasteiger partial charge in [0.05, 0.1) is 0 Å². The highest BCUT2D eigenvalue weighted by molar-refractivity contribution is 5.94. The maximum atomic E-state index is 13.1. The van der Waals surface area contributed by atoms with E-state index in [4.69, 9.17) is 5.73 Å². The molecule has 0 radical (unpaired) electrons. The Morgan fingerprint density at radius 1 is 1.26 bits per heavy atom. The van der Waals surface area contributed by atoms with Gasteiger partial charge in [-0.1, -0.05) is 0 Å². The second-order valence-electron chi connectivity index (χ2n) is 3.79. The van der Waals surface area contributed by atoms with Crippen LogP contribution in [-0.2, 0) is 0 Å². The third-order valence-electron chi connectivity index (χ3n) is 2.37. The molecule has 2 N–H and O–H groups in total. The molecule has 0 aliphatic rings. The molecule has 3 nitrogen and oxygen atoms in total. The van der Waals surface area contributed by atoms with Crippen molar-refractivity contribution in [2.75, 3.05) is 18.8 Å². The summed E-state index contributed by atoms with van der Waals surface area (Å²) in [5.74, 6) is -3.49. The number of nitrogen functional groups attached to an aromatic ring is 1. The molecule has 0 atom stereocenters. The van der Waals surface area contributed by atoms with Crippen LogP contribution < -0.4 is 5.73 Å². The average Bonchev–Trinajstić information content (AvgIpc) is 2.30. The first kappa shape index (κ1) is 15.2. The Morgan fingerprint density at radius 3 is 2.11 bits per heavy atom. The van der Waals surface area contributed by atoms with Gasteiger partial charge < -0.3 is 10.6 Å². The summed E-state index contributed by atoms with van der Waals surface area (Å²) < 4.78 is 63.0. The number of hydrogen-bond donors (Lipinski definition) is 1. The fraction of sp³-hybridized carbons (Fsp3) is 0.364. The number of nitrogens with zero attached hydrogens (tertiary/aromatic N) is 1. The molecule has 19 heavy (non-hydrogen) atoms. The zero-order valence-electron chi connectivity index (χ0n) is 9.89. The van der Waals surface area contributed by atoms with Crippen molar-refractivity contribution in [1.29, 1.82) is 0 Å². The smallest absolute Gasteiger partial charge is 0.394 e. The maximum absolute atomic E-state index is 13.1. The quantitative estimate of drug-likeness (QED) is 0.684. The van der Waals surface area contributed by atoms with Gasteiger partial charge in [0.1, 0.15) is 23.9 Å². The average molecular weight is 282 g/mol. The number of halogens is 5. The van der Waals surface area contributed by atoms with Crippen molar-refractivity contribution in [1.82, 2.24) is 4.90 Å². The molecule has 8 heteroatoms. The number of carbonyl (C=O) groups is 1. The van der Waals surface area contributed by atoms with Gasteiger partial charge in [0.2, 0.25) is 0 Å². The minimum Gasteiger partial charge on any atom is -0.394 e. The number of nitrogens with two attached hydrogens (primary N) is 1. The van der Waals surface area contributed by atoms with Crippen molar-refractivity contribution in [2.24, 2.45) is 0 Å². The molecule has 106 valence electrons. The fourth-order valence-electron chi connectivity index (χ4n) is 1.43. The minimum atomic E-state index is -4.59. The summed E-state index contributed by atoms with van der Waals surface area (Å²) >= 11 is 0. The van der Waals surface area contributed by atoms with Crippen LogP contribution in [0.4, 0.5) is 27.6 Å². The topological polar surface area (TPSA) is 46.3 Å². The number of carbonyl (C=O) groups excluding carboxylic acids is 1. The van der Waals surface area contributed by atoms with Crippen LogP contribution >= 0.6 is 0 Å². The van der Waals surface area contributed by atoms with Crippen molar-refractivity contribution >= 4 is 11.6 Å². The molecule has 0 unspecified atom stereocenters. The summed E-state index contributed by atoms with van der Waals surface area (Å²) in [7, 11) is 0.